The second-order valence-corrected chi connectivity index (χ2v) is 18.2. The minimum atomic E-state index is 0.616. The molecule has 13 rings (SSSR count). The van der Waals surface area contributed by atoms with Gasteiger partial charge in [-0.3, -0.25) is 0 Å². The Balaban J connectivity index is 1.03. The Morgan fingerprint density at radius 1 is 0.294 bits per heavy atom. The molecule has 0 aliphatic carbocycles. The third-order valence-corrected chi connectivity index (χ3v) is 14.3. The number of hydrogen-bond donors (Lipinski definition) is 0. The normalized spacial score (nSPS) is 11.5. The number of nitrogens with zero attached hydrogens (tertiary/aromatic N) is 4. The van der Waals surface area contributed by atoms with Crippen LogP contribution in [0.2, 0.25) is 0 Å². The Bertz CT molecular complexity index is 3940. The smallest absolute Gasteiger partial charge is 0.164 e. The third-order valence-electron chi connectivity index (χ3n) is 13.1. The van der Waals surface area contributed by atoms with Crippen LogP contribution in [0.3, 0.4) is 0 Å². The van der Waals surface area contributed by atoms with Gasteiger partial charge in [0.1, 0.15) is 0 Å². The molecule has 3 aromatic heterocycles. The van der Waals surface area contributed by atoms with Crippen molar-refractivity contribution in [3.63, 3.8) is 0 Å². The van der Waals surface area contributed by atoms with Crippen LogP contribution in [0, 0.1) is 0 Å². The minimum Gasteiger partial charge on any atom is -0.309 e. The summed E-state index contributed by atoms with van der Waals surface area (Å²) in [7, 11) is 0. The summed E-state index contributed by atoms with van der Waals surface area (Å²) in [6.45, 7) is 0. The van der Waals surface area contributed by atoms with Gasteiger partial charge < -0.3 is 4.57 Å². The molecule has 0 saturated heterocycles. The Hall–Kier alpha value is -8.77. The van der Waals surface area contributed by atoms with Gasteiger partial charge in [-0.1, -0.05) is 200 Å². The fourth-order valence-corrected chi connectivity index (χ4v) is 11.1. The molecule has 0 unspecified atom stereocenters. The first-order valence-corrected chi connectivity index (χ1v) is 23.7. The van der Waals surface area contributed by atoms with E-state index in [0.717, 1.165) is 44.6 Å². The SMILES string of the molecule is c1ccc(-c2nc(-c3ccccc3)nc(-c3cc(-c4ccc(-c5ccccc5)c(-c5ccccc5)c4)ccc3-c3ccc4c(c3)sc3c4ccc4c3c3ccccc3n4-c3ccccc3)n2)cc1. The predicted molar refractivity (Wildman–Crippen MR) is 285 cm³/mol. The van der Waals surface area contributed by atoms with Crippen LogP contribution in [0.15, 0.2) is 243 Å². The van der Waals surface area contributed by atoms with Crippen LogP contribution in [0.4, 0.5) is 0 Å². The average molecular weight is 885 g/mol. The molecule has 68 heavy (non-hydrogen) atoms. The summed E-state index contributed by atoms with van der Waals surface area (Å²) in [6.07, 6.45) is 0. The van der Waals surface area contributed by atoms with Crippen molar-refractivity contribution in [3.05, 3.63) is 243 Å². The highest BCUT2D eigenvalue weighted by atomic mass is 32.1. The van der Waals surface area contributed by atoms with Gasteiger partial charge in [0, 0.05) is 53.3 Å². The summed E-state index contributed by atoms with van der Waals surface area (Å²) in [5, 5.41) is 5.05. The van der Waals surface area contributed by atoms with Crippen molar-refractivity contribution >= 4 is 53.3 Å². The van der Waals surface area contributed by atoms with Crippen LogP contribution >= 0.6 is 11.3 Å². The van der Waals surface area contributed by atoms with Gasteiger partial charge in [-0.25, -0.2) is 15.0 Å². The highest BCUT2D eigenvalue weighted by Crippen LogP contribution is 2.46. The quantitative estimate of drug-likeness (QED) is 0.153. The maximum atomic E-state index is 5.30. The molecule has 5 heteroatoms. The van der Waals surface area contributed by atoms with Crippen molar-refractivity contribution in [2.24, 2.45) is 0 Å². The molecule has 0 aliphatic heterocycles. The zero-order valence-corrected chi connectivity index (χ0v) is 37.6. The number of benzene rings is 10. The molecular weight excluding hydrogens is 845 g/mol. The lowest BCUT2D eigenvalue weighted by Crippen LogP contribution is -2.01. The zero-order chi connectivity index (χ0) is 45.0. The van der Waals surface area contributed by atoms with Crippen molar-refractivity contribution < 1.29 is 0 Å². The van der Waals surface area contributed by atoms with E-state index in [2.05, 4.69) is 211 Å². The first-order chi connectivity index (χ1) is 33.7. The molecule has 0 N–H and O–H groups in total. The maximum Gasteiger partial charge on any atom is 0.164 e. The van der Waals surface area contributed by atoms with E-state index < -0.39 is 0 Å². The fraction of sp³-hybridized carbons (Fsp3) is 0. The molecule has 0 spiro atoms. The summed E-state index contributed by atoms with van der Waals surface area (Å²) < 4.78 is 4.92. The summed E-state index contributed by atoms with van der Waals surface area (Å²) >= 11 is 1.87. The van der Waals surface area contributed by atoms with Crippen molar-refractivity contribution in [2.75, 3.05) is 0 Å². The fourth-order valence-electron chi connectivity index (χ4n) is 9.85. The van der Waals surface area contributed by atoms with Gasteiger partial charge in [-0.2, -0.15) is 0 Å². The van der Waals surface area contributed by atoms with Crippen LogP contribution in [0.25, 0.3) is 126 Å². The highest BCUT2D eigenvalue weighted by Gasteiger charge is 2.21. The molecule has 0 fully saturated rings. The zero-order valence-electron chi connectivity index (χ0n) is 36.8. The van der Waals surface area contributed by atoms with Gasteiger partial charge in [-0.15, -0.1) is 11.3 Å². The van der Waals surface area contributed by atoms with E-state index >= 15 is 0 Å². The summed E-state index contributed by atoms with van der Waals surface area (Å²) in [4.78, 5) is 15.7. The van der Waals surface area contributed by atoms with Crippen LogP contribution in [0.5, 0.6) is 0 Å². The molecule has 0 saturated carbocycles. The molecule has 3 heterocycles. The van der Waals surface area contributed by atoms with Crippen molar-refractivity contribution in [2.45, 2.75) is 0 Å². The summed E-state index contributed by atoms with van der Waals surface area (Å²) in [6, 6.07) is 86.4. The van der Waals surface area contributed by atoms with Gasteiger partial charge in [0.2, 0.25) is 0 Å². The van der Waals surface area contributed by atoms with E-state index in [9.17, 15) is 0 Å². The summed E-state index contributed by atoms with van der Waals surface area (Å²) in [5.41, 5.74) is 15.4. The molecule has 10 aromatic carbocycles. The number of aromatic nitrogens is 4. The number of hydrogen-bond acceptors (Lipinski definition) is 4. The molecule has 0 radical (unpaired) electrons. The van der Waals surface area contributed by atoms with Gasteiger partial charge in [0.05, 0.1) is 11.0 Å². The van der Waals surface area contributed by atoms with E-state index in [0.29, 0.717) is 17.5 Å². The van der Waals surface area contributed by atoms with E-state index in [1.807, 2.05) is 47.7 Å². The number of fused-ring (bicyclic) bond motifs is 7. The molecule has 0 aliphatic rings. The number of rotatable bonds is 8. The van der Waals surface area contributed by atoms with Crippen molar-refractivity contribution in [1.29, 1.82) is 0 Å². The van der Waals surface area contributed by atoms with Crippen molar-refractivity contribution in [1.82, 2.24) is 19.5 Å². The largest absolute Gasteiger partial charge is 0.309 e. The molecular formula is C63H40N4S. The molecule has 4 nitrogen and oxygen atoms in total. The van der Waals surface area contributed by atoms with Crippen LogP contribution in [0.1, 0.15) is 0 Å². The maximum absolute atomic E-state index is 5.30. The molecule has 0 amide bonds. The van der Waals surface area contributed by atoms with Crippen LogP contribution in [-0.2, 0) is 0 Å². The standard InChI is InChI=1S/C63H40N4S/c1-6-18-41(19-7-1)49-33-30-45(38-54(49)42-20-8-2-9-21-42)46-31-34-50(55(39-46)63-65-61(43-22-10-3-11-23-43)64-62(66-63)44-24-12-4-13-25-44)47-32-35-51-52-36-37-57-59(60(52)68-58(51)40-47)53-28-16-17-29-56(53)67(57)48-26-14-5-15-27-48/h1-40H. The molecule has 13 aromatic rings. The van der Waals surface area contributed by atoms with Gasteiger partial charge in [0.25, 0.3) is 0 Å². The van der Waals surface area contributed by atoms with E-state index in [-0.39, 0.29) is 0 Å². The Kier molecular flexibility index (Phi) is 9.66. The average Bonchev–Trinajstić information content (AvgIpc) is 3.97. The predicted octanol–water partition coefficient (Wildman–Crippen LogP) is 17.0. The second kappa shape index (κ2) is 16.6. The first-order valence-electron chi connectivity index (χ1n) is 22.9. The molecule has 318 valence electrons. The summed E-state index contributed by atoms with van der Waals surface area (Å²) in [5.74, 6) is 1.87. The van der Waals surface area contributed by atoms with Gasteiger partial charge in [0.15, 0.2) is 17.5 Å². The lowest BCUT2D eigenvalue weighted by molar-refractivity contribution is 1.07. The van der Waals surface area contributed by atoms with Crippen LogP contribution < -0.4 is 0 Å². The monoisotopic (exact) mass is 884 g/mol. The van der Waals surface area contributed by atoms with E-state index in [4.69, 9.17) is 15.0 Å². The third kappa shape index (κ3) is 6.88. The van der Waals surface area contributed by atoms with E-state index in [1.165, 1.54) is 64.2 Å². The Morgan fingerprint density at radius 2 is 0.779 bits per heavy atom. The molecule has 0 bridgehead atoms. The number of para-hydroxylation sites is 2. The van der Waals surface area contributed by atoms with Gasteiger partial charge >= 0.3 is 0 Å². The first kappa shape index (κ1) is 39.6. The van der Waals surface area contributed by atoms with E-state index in [1.54, 1.807) is 0 Å². The minimum absolute atomic E-state index is 0.616. The number of thiophene rings is 1. The highest BCUT2D eigenvalue weighted by molar-refractivity contribution is 7.26. The lowest BCUT2D eigenvalue weighted by atomic mass is 9.89. The van der Waals surface area contributed by atoms with Gasteiger partial charge in [-0.05, 0) is 87.0 Å². The Labute approximate surface area is 397 Å². The Morgan fingerprint density at radius 3 is 1.41 bits per heavy atom. The second-order valence-electron chi connectivity index (χ2n) is 17.1. The molecule has 0 atom stereocenters. The van der Waals surface area contributed by atoms with Crippen LogP contribution in [-0.4, -0.2) is 19.5 Å². The lowest BCUT2D eigenvalue weighted by Gasteiger charge is -2.16. The van der Waals surface area contributed by atoms with Crippen molar-refractivity contribution in [3.8, 4) is 84.4 Å². The topological polar surface area (TPSA) is 43.6 Å².